The number of hydrogen-bond acceptors (Lipinski definition) is 5. The van der Waals surface area contributed by atoms with E-state index in [1.807, 2.05) is 34.7 Å². The highest BCUT2D eigenvalue weighted by Crippen LogP contribution is 2.43. The summed E-state index contributed by atoms with van der Waals surface area (Å²) in [6.45, 7) is 2.99. The predicted octanol–water partition coefficient (Wildman–Crippen LogP) is 4.52. The zero-order valence-corrected chi connectivity index (χ0v) is 22.6. The zero-order valence-electron chi connectivity index (χ0n) is 22.6. The van der Waals surface area contributed by atoms with Crippen LogP contribution >= 0.6 is 0 Å². The van der Waals surface area contributed by atoms with Gasteiger partial charge in [-0.1, -0.05) is 18.6 Å². The van der Waals surface area contributed by atoms with E-state index in [1.54, 1.807) is 19.3 Å². The predicted molar refractivity (Wildman–Crippen MR) is 143 cm³/mol. The normalized spacial score (nSPS) is 21.6. The minimum Gasteiger partial charge on any atom is -0.389 e. The van der Waals surface area contributed by atoms with Gasteiger partial charge in [0.1, 0.15) is 12.2 Å². The number of rotatable bonds is 6. The molecule has 1 saturated carbocycles. The number of aliphatic hydroxyl groups is 1. The van der Waals surface area contributed by atoms with Gasteiger partial charge in [-0.3, -0.25) is 13.9 Å². The third kappa shape index (κ3) is 4.96. The summed E-state index contributed by atoms with van der Waals surface area (Å²) in [6, 6.07) is 8.56. The van der Waals surface area contributed by atoms with E-state index in [9.17, 15) is 23.1 Å². The van der Waals surface area contributed by atoms with Crippen LogP contribution in [0, 0.1) is 5.92 Å². The minimum atomic E-state index is -4.64. The van der Waals surface area contributed by atoms with Gasteiger partial charge in [-0.25, -0.2) is 4.79 Å². The molecule has 4 heterocycles. The topological polar surface area (TPSA) is 80.6 Å². The lowest BCUT2D eigenvalue weighted by molar-refractivity contribution is -0.136. The van der Waals surface area contributed by atoms with Crippen LogP contribution in [0.1, 0.15) is 67.5 Å². The molecule has 1 N–H and O–H groups in total. The summed E-state index contributed by atoms with van der Waals surface area (Å²) in [7, 11) is 1.90. The van der Waals surface area contributed by atoms with Gasteiger partial charge in [0.05, 0.1) is 22.4 Å². The monoisotopic (exact) mass is 554 g/mol. The number of aryl methyl sites for hydroxylation is 1. The lowest BCUT2D eigenvalue weighted by Gasteiger charge is -2.36. The largest absolute Gasteiger partial charge is 0.418 e. The smallest absolute Gasteiger partial charge is 0.389 e. The quantitative estimate of drug-likeness (QED) is 0.379. The van der Waals surface area contributed by atoms with Crippen molar-refractivity contribution in [3.05, 3.63) is 82.1 Å². The Balaban J connectivity index is 1.42. The summed E-state index contributed by atoms with van der Waals surface area (Å²) in [6.07, 6.45) is 4.45. The summed E-state index contributed by atoms with van der Waals surface area (Å²) >= 11 is 0. The zero-order chi connectivity index (χ0) is 28.2. The summed E-state index contributed by atoms with van der Waals surface area (Å²) < 4.78 is 47.0. The summed E-state index contributed by atoms with van der Waals surface area (Å²) in [4.78, 5) is 15.5. The molecular weight excluding hydrogens is 521 g/mol. The number of fused-ring (bicyclic) bond motifs is 1. The lowest BCUT2D eigenvalue weighted by Crippen LogP contribution is -2.45. The number of imidazole rings is 1. The van der Waals surface area contributed by atoms with Gasteiger partial charge >= 0.3 is 11.9 Å². The molecule has 1 aliphatic heterocycles. The van der Waals surface area contributed by atoms with E-state index in [-0.39, 0.29) is 18.0 Å². The number of alkyl halides is 3. The van der Waals surface area contributed by atoms with E-state index in [2.05, 4.69) is 10.2 Å². The van der Waals surface area contributed by atoms with E-state index in [4.69, 9.17) is 0 Å². The first-order valence-corrected chi connectivity index (χ1v) is 13.7. The van der Waals surface area contributed by atoms with Crippen molar-refractivity contribution in [1.29, 1.82) is 0 Å². The molecule has 2 aliphatic rings. The second kappa shape index (κ2) is 9.88. The fourth-order valence-electron chi connectivity index (χ4n) is 6.31. The van der Waals surface area contributed by atoms with Gasteiger partial charge in [-0.15, -0.1) is 10.2 Å². The average Bonchev–Trinajstić information content (AvgIpc) is 3.42. The lowest BCUT2D eigenvalue weighted by atomic mass is 9.72. The number of piperidine rings is 1. The first-order chi connectivity index (χ1) is 19.0. The van der Waals surface area contributed by atoms with Crippen molar-refractivity contribution in [2.24, 2.45) is 13.0 Å². The number of pyridine rings is 1. The van der Waals surface area contributed by atoms with Crippen LogP contribution in [0.2, 0.25) is 0 Å². The van der Waals surface area contributed by atoms with Crippen molar-refractivity contribution in [2.75, 3.05) is 13.1 Å². The van der Waals surface area contributed by atoms with Crippen LogP contribution < -0.4 is 5.69 Å². The van der Waals surface area contributed by atoms with E-state index in [0.29, 0.717) is 36.7 Å². The Morgan fingerprint density at radius 1 is 1.18 bits per heavy atom. The number of nitrogens with zero attached hydrogens (tertiary/aromatic N) is 6. The van der Waals surface area contributed by atoms with Crippen LogP contribution in [0.5, 0.6) is 0 Å². The Morgan fingerprint density at radius 2 is 1.98 bits per heavy atom. The highest BCUT2D eigenvalue weighted by Gasteiger charge is 2.36. The Hall–Kier alpha value is -3.44. The number of β-amino-alcohol motifs (C(OH)–C–C–N with tert-alkyl or cyclic N) is 1. The summed E-state index contributed by atoms with van der Waals surface area (Å²) in [5.41, 5.74) is -0.674. The molecule has 0 bridgehead atoms. The van der Waals surface area contributed by atoms with Gasteiger partial charge in [-0.2, -0.15) is 13.2 Å². The standard InChI is InChI=1S/C29H33F3N6O2/c1-28(40)10-5-11-36(17-28)14-19-12-23(29(30,31)32)24-16-37(27(39)38(24)15-19)22-9-4-8-21(13-22)25(20-6-3-7-20)26-34-33-18-35(26)2/h4,8-9,12-13,15-16,18,20,25,40H,3,5-7,10-11,14,17H2,1-2H3/t25-,28+/m1/s1. The number of likely N-dealkylation sites (tertiary alicyclic amines) is 1. The van der Waals surface area contributed by atoms with Gasteiger partial charge in [0.2, 0.25) is 0 Å². The van der Waals surface area contributed by atoms with Crippen LogP contribution in [0.3, 0.4) is 0 Å². The van der Waals surface area contributed by atoms with Crippen LogP contribution in [-0.2, 0) is 19.8 Å². The van der Waals surface area contributed by atoms with Crippen molar-refractivity contribution >= 4 is 5.52 Å². The van der Waals surface area contributed by atoms with Gasteiger partial charge in [0, 0.05) is 38.4 Å². The summed E-state index contributed by atoms with van der Waals surface area (Å²) in [5, 5.41) is 18.9. The molecule has 0 radical (unpaired) electrons. The van der Waals surface area contributed by atoms with E-state index < -0.39 is 23.0 Å². The van der Waals surface area contributed by atoms with Crippen molar-refractivity contribution in [1.82, 2.24) is 28.6 Å². The molecule has 0 spiro atoms. The maximum Gasteiger partial charge on any atom is 0.418 e. The Bertz CT molecular complexity index is 1600. The SMILES string of the molecule is Cn1cnnc1[C@@H](c1cccc(-n2cc3c(C(F)(F)F)cc(CN4CCC[C@](C)(O)C4)cn3c2=O)c1)C1CCC1. The maximum absolute atomic E-state index is 14.2. The molecule has 40 heavy (non-hydrogen) atoms. The van der Waals surface area contributed by atoms with Gasteiger partial charge < -0.3 is 9.67 Å². The van der Waals surface area contributed by atoms with Gasteiger partial charge in [-0.05, 0) is 74.4 Å². The van der Waals surface area contributed by atoms with Crippen LogP contribution in [0.4, 0.5) is 13.2 Å². The van der Waals surface area contributed by atoms with Gasteiger partial charge in [0.15, 0.2) is 0 Å². The summed E-state index contributed by atoms with van der Waals surface area (Å²) in [5.74, 6) is 1.20. The second-order valence-electron chi connectivity index (χ2n) is 11.7. The van der Waals surface area contributed by atoms with Crippen molar-refractivity contribution < 1.29 is 18.3 Å². The Labute approximate surface area is 229 Å². The molecule has 212 valence electrons. The molecule has 4 aromatic rings. The molecule has 1 saturated heterocycles. The molecule has 11 heteroatoms. The molecule has 2 fully saturated rings. The molecule has 2 atom stereocenters. The van der Waals surface area contributed by atoms with Crippen molar-refractivity contribution in [2.45, 2.75) is 63.3 Å². The fourth-order valence-corrected chi connectivity index (χ4v) is 6.31. The molecule has 8 nitrogen and oxygen atoms in total. The first-order valence-electron chi connectivity index (χ1n) is 13.7. The molecule has 1 aromatic carbocycles. The molecule has 0 unspecified atom stereocenters. The van der Waals surface area contributed by atoms with E-state index >= 15 is 0 Å². The number of aromatic nitrogens is 5. The van der Waals surface area contributed by atoms with E-state index in [0.717, 1.165) is 47.5 Å². The van der Waals surface area contributed by atoms with Crippen molar-refractivity contribution in [3.63, 3.8) is 0 Å². The van der Waals surface area contributed by atoms with E-state index in [1.165, 1.54) is 17.0 Å². The third-order valence-corrected chi connectivity index (χ3v) is 8.44. The average molecular weight is 555 g/mol. The Morgan fingerprint density at radius 3 is 2.62 bits per heavy atom. The minimum absolute atomic E-state index is 0.0203. The molecule has 1 aliphatic carbocycles. The molecule has 3 aromatic heterocycles. The van der Waals surface area contributed by atoms with Crippen LogP contribution in [0.15, 0.2) is 53.8 Å². The number of benzene rings is 1. The third-order valence-electron chi connectivity index (χ3n) is 8.44. The second-order valence-corrected chi connectivity index (χ2v) is 11.7. The highest BCUT2D eigenvalue weighted by atomic mass is 19.4. The molecular formula is C29H33F3N6O2. The van der Waals surface area contributed by atoms with Crippen LogP contribution in [-0.4, -0.2) is 52.4 Å². The maximum atomic E-state index is 14.2. The van der Waals surface area contributed by atoms with Gasteiger partial charge in [0.25, 0.3) is 0 Å². The number of hydrogen-bond donors (Lipinski definition) is 1. The highest BCUT2D eigenvalue weighted by molar-refractivity contribution is 5.58. The fraction of sp³-hybridized carbons (Fsp3) is 0.483. The van der Waals surface area contributed by atoms with Crippen LogP contribution in [0.25, 0.3) is 11.2 Å². The molecule has 6 rings (SSSR count). The Kier molecular flexibility index (Phi) is 6.61. The molecule has 0 amide bonds. The first kappa shape index (κ1) is 26.8. The number of halogens is 3. The van der Waals surface area contributed by atoms with Crippen molar-refractivity contribution in [3.8, 4) is 5.69 Å².